The maximum Gasteiger partial charge on any atom is 0.149 e. The third-order valence-corrected chi connectivity index (χ3v) is 11.0. The van der Waals surface area contributed by atoms with E-state index in [2.05, 4.69) is 67.8 Å². The van der Waals surface area contributed by atoms with Crippen molar-refractivity contribution in [3.63, 3.8) is 0 Å². The van der Waals surface area contributed by atoms with Gasteiger partial charge in [-0.2, -0.15) is 0 Å². The molecule has 0 saturated carbocycles. The van der Waals surface area contributed by atoms with Crippen LogP contribution in [-0.2, 0) is 10.8 Å². The van der Waals surface area contributed by atoms with E-state index in [-0.39, 0.29) is 16.7 Å². The zero-order valence-corrected chi connectivity index (χ0v) is 34.6. The molecule has 0 bridgehead atoms. The van der Waals surface area contributed by atoms with Crippen LogP contribution in [0.2, 0.25) is 0 Å². The van der Waals surface area contributed by atoms with Gasteiger partial charge < -0.3 is 5.11 Å². The second-order valence-corrected chi connectivity index (χ2v) is 16.9. The van der Waals surface area contributed by atoms with Gasteiger partial charge in [0.05, 0.1) is 22.3 Å². The molecule has 0 atom stereocenters. The molecule has 0 radical (unpaired) electrons. The van der Waals surface area contributed by atoms with E-state index < -0.39 is 31.9 Å². The number of hydrogen-bond acceptors (Lipinski definition) is 3. The van der Waals surface area contributed by atoms with Gasteiger partial charge in [-0.1, -0.05) is 140 Å². The van der Waals surface area contributed by atoms with Gasteiger partial charge in [0.2, 0.25) is 0 Å². The molecule has 4 nitrogen and oxygen atoms in total. The Morgan fingerprint density at radius 1 is 0.627 bits per heavy atom. The number of hydrogen-bond donors (Lipinski definition) is 1. The number of phenolic OH excluding ortho intramolecular Hbond substituents is 1. The van der Waals surface area contributed by atoms with Crippen LogP contribution < -0.4 is 0 Å². The van der Waals surface area contributed by atoms with Gasteiger partial charge in [-0.25, -0.2) is 4.98 Å². The van der Waals surface area contributed by atoms with Crippen LogP contribution in [0.5, 0.6) is 5.75 Å². The molecule has 0 unspecified atom stereocenters. The minimum Gasteiger partial charge on any atom is -0.507 e. The van der Waals surface area contributed by atoms with E-state index >= 15 is 0 Å². The van der Waals surface area contributed by atoms with Crippen LogP contribution >= 0.6 is 0 Å². The summed E-state index contributed by atoms with van der Waals surface area (Å²) >= 11 is 0. The monoisotopic (exact) mass is 783 g/mol. The molecule has 0 amide bonds. The van der Waals surface area contributed by atoms with Crippen molar-refractivity contribution in [3.05, 3.63) is 167 Å². The summed E-state index contributed by atoms with van der Waals surface area (Å²) in [6.45, 7) is 3.94. The first-order chi connectivity index (χ1) is 32.1. The average molecular weight is 784 g/mol. The maximum absolute atomic E-state index is 11.8. The highest BCUT2D eigenvalue weighted by molar-refractivity contribution is 5.97. The highest BCUT2D eigenvalue weighted by Gasteiger charge is 2.24. The highest BCUT2D eigenvalue weighted by atomic mass is 16.3. The molecule has 0 saturated heterocycles. The standard InChI is InChI=1S/C55H55N3O/c1-34(2)40-27-41(37-15-12-11-13-16-37)32-46(31-40)58-50-18-14-17-47(51(50)57-53(58)48-26-35(3)25-36(4)52(48)59)42-28-43(30-45(29-42)55(8,9)10)49-33-39(23-24-56-49)38-19-21-44(22-20-38)54(5,6)7/h11-34,59H,1-10H3/i5D3,6D3,7D3,34D. The highest BCUT2D eigenvalue weighted by Crippen LogP contribution is 2.42. The summed E-state index contributed by atoms with van der Waals surface area (Å²) in [6.07, 6.45) is 1.67. The molecule has 0 spiro atoms. The summed E-state index contributed by atoms with van der Waals surface area (Å²) < 4.78 is 84.8. The number of benzene rings is 6. The summed E-state index contributed by atoms with van der Waals surface area (Å²) in [6, 6.07) is 41.9. The Hall–Kier alpha value is -6.26. The predicted octanol–water partition coefficient (Wildman–Crippen LogP) is 14.8. The van der Waals surface area contributed by atoms with E-state index in [9.17, 15) is 5.11 Å². The largest absolute Gasteiger partial charge is 0.507 e. The lowest BCUT2D eigenvalue weighted by molar-refractivity contribution is 0.472. The number of imidazole rings is 1. The fraction of sp³-hybridized carbons (Fsp3) is 0.236. The second-order valence-electron chi connectivity index (χ2n) is 16.9. The molecule has 4 heteroatoms. The van der Waals surface area contributed by atoms with E-state index in [0.717, 1.165) is 61.3 Å². The van der Waals surface area contributed by atoms with Crippen molar-refractivity contribution in [2.75, 3.05) is 0 Å². The van der Waals surface area contributed by atoms with Crippen LogP contribution in [0.15, 0.2) is 140 Å². The zero-order valence-electron chi connectivity index (χ0n) is 44.6. The van der Waals surface area contributed by atoms with E-state index in [4.69, 9.17) is 23.7 Å². The van der Waals surface area contributed by atoms with Gasteiger partial charge in [0.1, 0.15) is 11.6 Å². The molecule has 8 rings (SSSR count). The Balaban J connectivity index is 1.32. The number of para-hydroxylation sites is 1. The number of phenols is 1. The molecular weight excluding hydrogens is 719 g/mol. The SMILES string of the molecule is [2H]C(C)(C)c1cc(-c2ccccc2)cc(-n2c(-c3cc(C)cc(C)c3O)nc3c(-c4cc(-c5cc(-c6ccc(C(C([2H])([2H])[2H])(C([2H])([2H])[2H])C([2H])([2H])[2H])cc6)ccn5)cc(C(C)(C)C)c4)cccc32)c1. The Morgan fingerprint density at radius 2 is 1.36 bits per heavy atom. The first-order valence-corrected chi connectivity index (χ1v) is 19.9. The van der Waals surface area contributed by atoms with Crippen molar-refractivity contribution < 1.29 is 18.8 Å². The van der Waals surface area contributed by atoms with Crippen LogP contribution in [-0.4, -0.2) is 19.6 Å². The topological polar surface area (TPSA) is 50.9 Å². The molecule has 6 aromatic carbocycles. The third kappa shape index (κ3) is 7.84. The van der Waals surface area contributed by atoms with E-state index in [1.54, 1.807) is 24.4 Å². The molecule has 0 aliphatic carbocycles. The number of aryl methyl sites for hydroxylation is 2. The van der Waals surface area contributed by atoms with Crippen molar-refractivity contribution >= 4 is 11.0 Å². The lowest BCUT2D eigenvalue weighted by atomic mass is 9.83. The molecule has 0 aliphatic heterocycles. The smallest absolute Gasteiger partial charge is 0.149 e. The first kappa shape index (κ1) is 29.0. The second kappa shape index (κ2) is 15.2. The fourth-order valence-corrected chi connectivity index (χ4v) is 7.78. The van der Waals surface area contributed by atoms with Gasteiger partial charge in [0.25, 0.3) is 0 Å². The van der Waals surface area contributed by atoms with Gasteiger partial charge >= 0.3 is 0 Å². The molecule has 2 aromatic heterocycles. The predicted molar refractivity (Wildman–Crippen MR) is 249 cm³/mol. The molecule has 2 heterocycles. The number of pyridine rings is 1. The Morgan fingerprint density at radius 3 is 2.07 bits per heavy atom. The van der Waals surface area contributed by atoms with E-state index in [0.29, 0.717) is 33.7 Å². The van der Waals surface area contributed by atoms with Crippen LogP contribution in [0, 0.1) is 13.8 Å². The number of aromatic nitrogens is 3. The molecule has 8 aromatic rings. The van der Waals surface area contributed by atoms with Crippen molar-refractivity contribution in [2.24, 2.45) is 0 Å². The third-order valence-electron chi connectivity index (χ3n) is 11.0. The van der Waals surface area contributed by atoms with Crippen LogP contribution in [0.1, 0.15) is 103 Å². The summed E-state index contributed by atoms with van der Waals surface area (Å²) in [4.78, 5) is 10.2. The summed E-state index contributed by atoms with van der Waals surface area (Å²) in [5, 5.41) is 11.8. The molecule has 59 heavy (non-hydrogen) atoms. The number of nitrogens with zero attached hydrogens (tertiary/aromatic N) is 3. The molecule has 0 fully saturated rings. The van der Waals surface area contributed by atoms with E-state index in [1.165, 1.54) is 12.1 Å². The summed E-state index contributed by atoms with van der Waals surface area (Å²) in [5.41, 5.74) is 9.08. The number of rotatable bonds is 7. The van der Waals surface area contributed by atoms with Crippen LogP contribution in [0.4, 0.5) is 0 Å². The van der Waals surface area contributed by atoms with Gasteiger partial charge in [0.15, 0.2) is 0 Å². The van der Waals surface area contributed by atoms with Crippen molar-refractivity contribution in [1.82, 2.24) is 14.5 Å². The van der Waals surface area contributed by atoms with Crippen molar-refractivity contribution in [3.8, 4) is 67.5 Å². The molecule has 296 valence electrons. The average Bonchev–Trinajstić information content (AvgIpc) is 3.66. The Bertz CT molecular complexity index is 3190. The van der Waals surface area contributed by atoms with Crippen molar-refractivity contribution in [1.29, 1.82) is 0 Å². The van der Waals surface area contributed by atoms with Gasteiger partial charge in [0, 0.05) is 36.7 Å². The zero-order chi connectivity index (χ0) is 50.2. The van der Waals surface area contributed by atoms with Gasteiger partial charge in [-0.15, -0.1) is 0 Å². The van der Waals surface area contributed by atoms with E-state index in [1.807, 2.05) is 88.4 Å². The summed E-state index contributed by atoms with van der Waals surface area (Å²) in [5.74, 6) is -0.266. The molecular formula is C55H55N3O. The fourth-order valence-electron chi connectivity index (χ4n) is 7.78. The number of fused-ring (bicyclic) bond motifs is 1. The quantitative estimate of drug-likeness (QED) is 0.175. The lowest BCUT2D eigenvalue weighted by Crippen LogP contribution is -2.11. The maximum atomic E-state index is 11.8. The minimum absolute atomic E-state index is 0.128. The van der Waals surface area contributed by atoms with Crippen LogP contribution in [0.25, 0.3) is 72.7 Å². The van der Waals surface area contributed by atoms with Gasteiger partial charge in [-0.05, 0) is 135 Å². The first-order valence-electron chi connectivity index (χ1n) is 24.9. The summed E-state index contributed by atoms with van der Waals surface area (Å²) in [7, 11) is 0. The molecule has 1 N–H and O–H groups in total. The molecule has 0 aliphatic rings. The Kier molecular flexibility index (Phi) is 7.46. The lowest BCUT2D eigenvalue weighted by Gasteiger charge is -2.22. The van der Waals surface area contributed by atoms with Crippen LogP contribution in [0.3, 0.4) is 0 Å². The van der Waals surface area contributed by atoms with Gasteiger partial charge in [-0.3, -0.25) is 9.55 Å². The Labute approximate surface area is 364 Å². The number of aromatic hydroxyl groups is 1. The normalized spacial score (nSPS) is 15.4. The van der Waals surface area contributed by atoms with Crippen molar-refractivity contribution in [2.45, 2.75) is 85.7 Å². The minimum atomic E-state index is -3.37.